The molecule has 104 valence electrons. The summed E-state index contributed by atoms with van der Waals surface area (Å²) in [6.07, 6.45) is 5.25. The molecule has 3 aliphatic heterocycles. The minimum atomic E-state index is 0.735. The summed E-state index contributed by atoms with van der Waals surface area (Å²) in [4.78, 5) is 2.66. The number of piperidine rings is 3. The zero-order valence-electron chi connectivity index (χ0n) is 12.0. The van der Waals surface area contributed by atoms with Crippen molar-refractivity contribution in [2.45, 2.75) is 44.7 Å². The molecule has 2 atom stereocenters. The van der Waals surface area contributed by atoms with Crippen molar-refractivity contribution < 1.29 is 0 Å². The normalized spacial score (nSPS) is 33.5. The van der Waals surface area contributed by atoms with Crippen LogP contribution in [0.1, 0.15) is 31.7 Å². The Kier molecular flexibility index (Phi) is 4.19. The second kappa shape index (κ2) is 6.06. The largest absolute Gasteiger partial charge is 0.312 e. The van der Waals surface area contributed by atoms with Gasteiger partial charge in [-0.2, -0.15) is 0 Å². The maximum atomic E-state index is 3.83. The van der Waals surface area contributed by atoms with Crippen LogP contribution in [0.5, 0.6) is 0 Å². The Bertz CT molecular complexity index is 380. The Hall–Kier alpha value is -0.860. The Morgan fingerprint density at radius 3 is 2.58 bits per heavy atom. The summed E-state index contributed by atoms with van der Waals surface area (Å²) >= 11 is 0. The van der Waals surface area contributed by atoms with Crippen molar-refractivity contribution in [3.05, 3.63) is 35.9 Å². The Balaban J connectivity index is 1.43. The number of nitrogens with one attached hydrogen (secondary N) is 1. The molecule has 0 unspecified atom stereocenters. The molecule has 1 N–H and O–H groups in total. The molecule has 0 radical (unpaired) electrons. The second-order valence-electron chi connectivity index (χ2n) is 6.18. The molecule has 1 aromatic carbocycles. The van der Waals surface area contributed by atoms with Crippen LogP contribution >= 0.6 is 0 Å². The quantitative estimate of drug-likeness (QED) is 0.817. The van der Waals surface area contributed by atoms with E-state index in [0.29, 0.717) is 0 Å². The van der Waals surface area contributed by atoms with E-state index in [4.69, 9.17) is 0 Å². The number of fused-ring (bicyclic) bond motifs is 3. The molecule has 0 amide bonds. The SMILES string of the molecule is C[C@@H]1[C@@H](NCCCc2ccccc2)C2CCN1CC2. The van der Waals surface area contributed by atoms with E-state index in [1.807, 2.05) is 0 Å². The zero-order valence-corrected chi connectivity index (χ0v) is 12.0. The molecule has 1 aromatic rings. The van der Waals surface area contributed by atoms with Gasteiger partial charge >= 0.3 is 0 Å². The molecule has 2 bridgehead atoms. The van der Waals surface area contributed by atoms with Crippen molar-refractivity contribution in [3.63, 3.8) is 0 Å². The van der Waals surface area contributed by atoms with Gasteiger partial charge in [-0.05, 0) is 63.7 Å². The summed E-state index contributed by atoms with van der Waals surface area (Å²) in [5, 5.41) is 3.83. The van der Waals surface area contributed by atoms with Gasteiger partial charge in [0.05, 0.1) is 0 Å². The molecular formula is C17H26N2. The van der Waals surface area contributed by atoms with E-state index in [0.717, 1.165) is 24.5 Å². The zero-order chi connectivity index (χ0) is 13.1. The average Bonchev–Trinajstić information content (AvgIpc) is 2.48. The van der Waals surface area contributed by atoms with Crippen LogP contribution in [0.4, 0.5) is 0 Å². The molecule has 2 nitrogen and oxygen atoms in total. The van der Waals surface area contributed by atoms with E-state index in [-0.39, 0.29) is 0 Å². The molecule has 0 spiro atoms. The molecular weight excluding hydrogens is 232 g/mol. The third kappa shape index (κ3) is 3.01. The molecule has 3 saturated heterocycles. The topological polar surface area (TPSA) is 15.3 Å². The lowest BCUT2D eigenvalue weighted by Gasteiger charge is -2.50. The van der Waals surface area contributed by atoms with Crippen molar-refractivity contribution in [3.8, 4) is 0 Å². The summed E-state index contributed by atoms with van der Waals surface area (Å²) in [5.74, 6) is 0.928. The van der Waals surface area contributed by atoms with Gasteiger partial charge in [0.2, 0.25) is 0 Å². The average molecular weight is 258 g/mol. The highest BCUT2D eigenvalue weighted by Gasteiger charge is 2.38. The fourth-order valence-corrected chi connectivity index (χ4v) is 3.85. The Morgan fingerprint density at radius 2 is 1.89 bits per heavy atom. The minimum absolute atomic E-state index is 0.735. The fourth-order valence-electron chi connectivity index (χ4n) is 3.85. The third-order valence-corrected chi connectivity index (χ3v) is 5.04. The summed E-state index contributed by atoms with van der Waals surface area (Å²) < 4.78 is 0. The summed E-state index contributed by atoms with van der Waals surface area (Å²) in [7, 11) is 0. The van der Waals surface area contributed by atoms with E-state index >= 15 is 0 Å². The Labute approximate surface area is 117 Å². The first-order valence-corrected chi connectivity index (χ1v) is 7.86. The van der Waals surface area contributed by atoms with E-state index in [9.17, 15) is 0 Å². The molecule has 19 heavy (non-hydrogen) atoms. The highest BCUT2D eigenvalue weighted by Crippen LogP contribution is 2.31. The second-order valence-corrected chi connectivity index (χ2v) is 6.18. The lowest BCUT2D eigenvalue weighted by molar-refractivity contribution is 0.0224. The number of hydrogen-bond acceptors (Lipinski definition) is 2. The van der Waals surface area contributed by atoms with Crippen LogP contribution in [0, 0.1) is 5.92 Å². The Morgan fingerprint density at radius 1 is 1.16 bits per heavy atom. The molecule has 0 aromatic heterocycles. The first-order chi connectivity index (χ1) is 9.34. The number of aryl methyl sites for hydroxylation is 1. The van der Waals surface area contributed by atoms with Crippen LogP contribution in [-0.4, -0.2) is 36.6 Å². The van der Waals surface area contributed by atoms with Crippen molar-refractivity contribution >= 4 is 0 Å². The smallest absolute Gasteiger partial charge is 0.0249 e. The molecule has 0 saturated carbocycles. The van der Waals surface area contributed by atoms with Crippen LogP contribution in [0.2, 0.25) is 0 Å². The van der Waals surface area contributed by atoms with Gasteiger partial charge in [0.25, 0.3) is 0 Å². The van der Waals surface area contributed by atoms with E-state index in [1.54, 1.807) is 0 Å². The van der Waals surface area contributed by atoms with Gasteiger partial charge in [-0.15, -0.1) is 0 Å². The minimum Gasteiger partial charge on any atom is -0.312 e. The first-order valence-electron chi connectivity index (χ1n) is 7.86. The van der Waals surface area contributed by atoms with Crippen molar-refractivity contribution in [2.75, 3.05) is 19.6 Å². The fraction of sp³-hybridized carbons (Fsp3) is 0.647. The monoisotopic (exact) mass is 258 g/mol. The van der Waals surface area contributed by atoms with Crippen molar-refractivity contribution in [2.24, 2.45) is 5.92 Å². The van der Waals surface area contributed by atoms with Gasteiger partial charge in [-0.1, -0.05) is 30.3 Å². The highest BCUT2D eigenvalue weighted by atomic mass is 15.2. The van der Waals surface area contributed by atoms with Crippen LogP contribution in [0.3, 0.4) is 0 Å². The summed E-state index contributed by atoms with van der Waals surface area (Å²) in [6, 6.07) is 12.3. The van der Waals surface area contributed by atoms with E-state index in [1.165, 1.54) is 44.3 Å². The predicted octanol–water partition coefficient (Wildman–Crippen LogP) is 2.69. The van der Waals surface area contributed by atoms with Crippen molar-refractivity contribution in [1.82, 2.24) is 10.2 Å². The molecule has 3 aliphatic rings. The number of nitrogens with zero attached hydrogens (tertiary/aromatic N) is 1. The van der Waals surface area contributed by atoms with E-state index < -0.39 is 0 Å². The van der Waals surface area contributed by atoms with Gasteiger partial charge in [0.15, 0.2) is 0 Å². The maximum Gasteiger partial charge on any atom is 0.0249 e. The molecule has 3 fully saturated rings. The van der Waals surface area contributed by atoms with Gasteiger partial charge in [-0.3, -0.25) is 4.90 Å². The maximum absolute atomic E-state index is 3.83. The van der Waals surface area contributed by atoms with Crippen LogP contribution in [0.15, 0.2) is 30.3 Å². The summed E-state index contributed by atoms with van der Waals surface area (Å²) in [5.41, 5.74) is 1.46. The van der Waals surface area contributed by atoms with E-state index in [2.05, 4.69) is 47.5 Å². The van der Waals surface area contributed by atoms with Gasteiger partial charge in [0, 0.05) is 12.1 Å². The van der Waals surface area contributed by atoms with Crippen molar-refractivity contribution in [1.29, 1.82) is 0 Å². The van der Waals surface area contributed by atoms with Crippen LogP contribution in [0.25, 0.3) is 0 Å². The van der Waals surface area contributed by atoms with Crippen LogP contribution < -0.4 is 5.32 Å². The highest BCUT2D eigenvalue weighted by molar-refractivity contribution is 5.14. The lowest BCUT2D eigenvalue weighted by Crippen LogP contribution is -2.61. The molecule has 0 aliphatic carbocycles. The first kappa shape index (κ1) is 13.1. The van der Waals surface area contributed by atoms with Gasteiger partial charge in [-0.25, -0.2) is 0 Å². The van der Waals surface area contributed by atoms with Crippen LogP contribution in [-0.2, 0) is 6.42 Å². The number of rotatable bonds is 5. The lowest BCUT2D eigenvalue weighted by atomic mass is 9.79. The number of hydrogen-bond donors (Lipinski definition) is 1. The standard InChI is InChI=1S/C17H26N2/c1-14-17(16-9-12-19(14)13-10-16)18-11-5-8-15-6-3-2-4-7-15/h2-4,6-7,14,16-18H,5,8-13H2,1H3/t14-,17-/m1/s1. The summed E-state index contributed by atoms with van der Waals surface area (Å²) in [6.45, 7) is 6.22. The van der Waals surface area contributed by atoms with Gasteiger partial charge < -0.3 is 5.32 Å². The molecule has 4 rings (SSSR count). The molecule has 3 heterocycles. The third-order valence-electron chi connectivity index (χ3n) is 5.04. The predicted molar refractivity (Wildman–Crippen MR) is 80.3 cm³/mol. The van der Waals surface area contributed by atoms with Gasteiger partial charge in [0.1, 0.15) is 0 Å². The molecule has 2 heteroatoms. The number of benzene rings is 1.